The molecule has 0 rings (SSSR count). The van der Waals surface area contributed by atoms with Crippen LogP contribution >= 0.6 is 0 Å². The Labute approximate surface area is 88.0 Å². The van der Waals surface area contributed by atoms with E-state index < -0.39 is 5.97 Å². The number of aliphatic hydroxyl groups is 1. The molecule has 0 fully saturated rings. The molecule has 3 nitrogen and oxygen atoms in total. The van der Waals surface area contributed by atoms with Gasteiger partial charge >= 0.3 is 5.97 Å². The predicted molar refractivity (Wildman–Crippen MR) is 44.0 cm³/mol. The van der Waals surface area contributed by atoms with Crippen LogP contribution in [0.4, 0.5) is 0 Å². The summed E-state index contributed by atoms with van der Waals surface area (Å²) in [7, 11) is 0. The maximum Gasteiger partial charge on any atom is 0.334 e. The van der Waals surface area contributed by atoms with Gasteiger partial charge in [-0.25, -0.2) is 4.79 Å². The van der Waals surface area contributed by atoms with Crippen molar-refractivity contribution in [1.29, 1.82) is 0 Å². The Morgan fingerprint density at radius 3 is 2.50 bits per heavy atom. The summed E-state index contributed by atoms with van der Waals surface area (Å²) in [4.78, 5) is 10.5. The van der Waals surface area contributed by atoms with Gasteiger partial charge in [0.1, 0.15) is 6.61 Å². The van der Waals surface area contributed by atoms with Crippen molar-refractivity contribution < 1.29 is 36.4 Å². The van der Waals surface area contributed by atoms with Crippen LogP contribution in [0.25, 0.3) is 0 Å². The molecule has 0 aromatic heterocycles. The van der Waals surface area contributed by atoms with Crippen molar-refractivity contribution in [3.05, 3.63) is 31.9 Å². The number of hydrogen-bond acceptors (Lipinski definition) is 3. The average Bonchev–Trinajstić information content (AvgIpc) is 1.82. The Kier molecular flexibility index (Phi) is 15.3. The third-order valence-electron chi connectivity index (χ3n) is 0.670. The average molecular weight is 205 g/mol. The molecule has 0 radical (unpaired) electrons. The first-order valence-electron chi connectivity index (χ1n) is 2.81. The number of ether oxygens (including phenoxy) is 1. The molecule has 0 aromatic rings. The summed E-state index contributed by atoms with van der Waals surface area (Å²) in [6.45, 7) is 4.92. The second-order valence-electron chi connectivity index (χ2n) is 1.70. The number of rotatable bonds is 3. The number of allylic oxidation sites excluding steroid dienone is 1. The van der Waals surface area contributed by atoms with Crippen molar-refractivity contribution in [2.24, 2.45) is 0 Å². The number of carbonyl (C=O) groups excluding carboxylic acids is 1. The van der Waals surface area contributed by atoms with Crippen LogP contribution in [0.15, 0.2) is 24.5 Å². The number of hydrogen-bond donors (Lipinski definition) is 1. The van der Waals surface area contributed by atoms with E-state index in [0.29, 0.717) is 0 Å². The van der Waals surface area contributed by atoms with Gasteiger partial charge in [0.25, 0.3) is 0 Å². The molecule has 0 unspecified atom stereocenters. The molecule has 0 spiro atoms. The third kappa shape index (κ3) is 12.2. The van der Waals surface area contributed by atoms with Gasteiger partial charge in [0.15, 0.2) is 0 Å². The van der Waals surface area contributed by atoms with Crippen LogP contribution in [-0.2, 0) is 31.2 Å². The Bertz CT molecular complexity index is 160. The molecule has 4 heteroatoms. The Morgan fingerprint density at radius 2 is 2.17 bits per heavy atom. The van der Waals surface area contributed by atoms with Gasteiger partial charge in [0.2, 0.25) is 0 Å². The van der Waals surface area contributed by atoms with E-state index in [9.17, 15) is 4.79 Å². The molecule has 0 amide bonds. The van der Waals surface area contributed by atoms with Crippen molar-refractivity contribution in [2.75, 3.05) is 6.61 Å². The first-order valence-corrected chi connectivity index (χ1v) is 2.81. The minimum Gasteiger partial charge on any atom is -0.512 e. The van der Waals surface area contributed by atoms with Gasteiger partial charge in [0.05, 0.1) is 11.8 Å². The maximum absolute atomic E-state index is 10.5. The Morgan fingerprint density at radius 1 is 1.67 bits per heavy atom. The number of esters is 1. The van der Waals surface area contributed by atoms with Crippen molar-refractivity contribution in [2.45, 2.75) is 6.92 Å². The number of aliphatic hydroxyl groups excluding tert-OH is 1. The summed E-state index contributed by atoms with van der Waals surface area (Å²) in [5.74, 6) is -0.617. The molecule has 0 heterocycles. The molecule has 0 aliphatic rings. The first kappa shape index (κ1) is 17.5. The fraction of sp³-hybridized carbons (Fsp3) is 0.250. The minimum absolute atomic E-state index is 0. The largest absolute Gasteiger partial charge is 0.512 e. The predicted octanol–water partition coefficient (Wildman–Crippen LogP) is 1.63. The van der Waals surface area contributed by atoms with E-state index in [1.165, 1.54) is 13.0 Å². The van der Waals surface area contributed by atoms with E-state index in [4.69, 9.17) is 5.11 Å². The van der Waals surface area contributed by atoms with Crippen molar-refractivity contribution in [3.63, 3.8) is 0 Å². The van der Waals surface area contributed by atoms with E-state index >= 15 is 0 Å². The molecule has 0 saturated heterocycles. The first-order chi connectivity index (χ1) is 4.66. The zero-order chi connectivity index (χ0) is 7.98. The zero-order valence-corrected chi connectivity index (χ0v) is 8.89. The molecule has 0 aromatic carbocycles. The molecule has 1 N–H and O–H groups in total. The molecule has 0 bridgehead atoms. The van der Waals surface area contributed by atoms with Crippen LogP contribution in [0, 0.1) is 7.43 Å². The van der Waals surface area contributed by atoms with Crippen molar-refractivity contribution >= 4 is 5.97 Å². The van der Waals surface area contributed by atoms with E-state index in [0.717, 1.165) is 6.08 Å². The monoisotopic (exact) mass is 205 g/mol. The minimum atomic E-state index is -0.556. The van der Waals surface area contributed by atoms with E-state index in [2.05, 4.69) is 11.3 Å². The second-order valence-corrected chi connectivity index (χ2v) is 1.70. The van der Waals surface area contributed by atoms with Crippen LogP contribution in [-0.4, -0.2) is 17.7 Å². The fourth-order valence-corrected chi connectivity index (χ4v) is 0.353. The van der Waals surface area contributed by atoms with Gasteiger partial charge < -0.3 is 17.3 Å². The zero-order valence-electron chi connectivity index (χ0n) is 7.33. The van der Waals surface area contributed by atoms with Gasteiger partial charge in [-0.1, -0.05) is 12.7 Å². The smallest absolute Gasteiger partial charge is 0.334 e. The number of carbonyl (C=O) groups is 1. The SMILES string of the molecule is C=CCOC(=O)C=C(C)O.[CH3-].[Ti]. The summed E-state index contributed by atoms with van der Waals surface area (Å²) in [5.41, 5.74) is 0. The molecule has 12 heavy (non-hydrogen) atoms. The van der Waals surface area contributed by atoms with Crippen LogP contribution in [0.5, 0.6) is 0 Å². The summed E-state index contributed by atoms with van der Waals surface area (Å²) in [6.07, 6.45) is 2.46. The van der Waals surface area contributed by atoms with Crippen LogP contribution < -0.4 is 0 Å². The van der Waals surface area contributed by atoms with Gasteiger partial charge in [-0.15, -0.1) is 0 Å². The molecule has 0 aliphatic carbocycles. The van der Waals surface area contributed by atoms with Gasteiger partial charge in [-0.05, 0) is 6.92 Å². The van der Waals surface area contributed by atoms with Gasteiger partial charge in [-0.3, -0.25) is 0 Å². The summed E-state index contributed by atoms with van der Waals surface area (Å²) in [5, 5.41) is 8.56. The topological polar surface area (TPSA) is 46.5 Å². The maximum atomic E-state index is 10.5. The van der Waals surface area contributed by atoms with Crippen LogP contribution in [0.3, 0.4) is 0 Å². The molecule has 0 aliphatic heterocycles. The molecular weight excluding hydrogens is 192 g/mol. The standard InChI is InChI=1S/C7H10O3.CH3.Ti/c1-3-4-10-7(9)5-6(2)8;;/h3,5,8H,1,4H2,2H3;1H3;/q;-1;. The Hall–Kier alpha value is -0.536. The molecule has 0 saturated carbocycles. The van der Waals surface area contributed by atoms with Gasteiger partial charge in [-0.2, -0.15) is 0 Å². The van der Waals surface area contributed by atoms with Crippen LogP contribution in [0.1, 0.15) is 6.92 Å². The normalized spacial score (nSPS) is 8.92. The summed E-state index contributed by atoms with van der Waals surface area (Å²) < 4.78 is 4.51. The Balaban J connectivity index is -0.000000405. The van der Waals surface area contributed by atoms with Gasteiger partial charge in [0, 0.05) is 21.7 Å². The fourth-order valence-electron chi connectivity index (χ4n) is 0.353. The third-order valence-corrected chi connectivity index (χ3v) is 0.670. The van der Waals surface area contributed by atoms with Crippen LogP contribution in [0.2, 0.25) is 0 Å². The van der Waals surface area contributed by atoms with Crippen molar-refractivity contribution in [3.8, 4) is 0 Å². The van der Waals surface area contributed by atoms with E-state index in [1.807, 2.05) is 0 Å². The molecule has 0 atom stereocenters. The van der Waals surface area contributed by atoms with E-state index in [1.54, 1.807) is 0 Å². The second kappa shape index (κ2) is 10.5. The summed E-state index contributed by atoms with van der Waals surface area (Å²) in [6, 6.07) is 0. The van der Waals surface area contributed by atoms with Crippen molar-refractivity contribution in [1.82, 2.24) is 0 Å². The van der Waals surface area contributed by atoms with E-state index in [-0.39, 0.29) is 41.5 Å². The molecular formula is C8H13O3Ti-. The summed E-state index contributed by atoms with van der Waals surface area (Å²) >= 11 is 0. The quantitative estimate of drug-likeness (QED) is 0.190. The molecule has 68 valence electrons.